The Labute approximate surface area is 214 Å². The van der Waals surface area contributed by atoms with E-state index in [0.717, 1.165) is 12.0 Å². The number of hydrogen-bond donors (Lipinski definition) is 3. The van der Waals surface area contributed by atoms with Crippen molar-refractivity contribution in [1.29, 1.82) is 0 Å². The van der Waals surface area contributed by atoms with Crippen molar-refractivity contribution in [1.82, 2.24) is 15.5 Å². The van der Waals surface area contributed by atoms with Crippen molar-refractivity contribution in [3.8, 4) is 0 Å². The number of carbonyl (C=O) groups is 3. The van der Waals surface area contributed by atoms with Gasteiger partial charge in [0.2, 0.25) is 17.7 Å². The first-order valence-corrected chi connectivity index (χ1v) is 13.2. The zero-order chi connectivity index (χ0) is 26.3. The van der Waals surface area contributed by atoms with Crippen molar-refractivity contribution in [2.24, 2.45) is 17.8 Å². The number of benzene rings is 1. The Bertz CT molecular complexity index is 993. The van der Waals surface area contributed by atoms with Crippen molar-refractivity contribution >= 4 is 17.7 Å². The van der Waals surface area contributed by atoms with Crippen molar-refractivity contribution in [2.75, 3.05) is 13.2 Å². The second kappa shape index (κ2) is 9.78. The van der Waals surface area contributed by atoms with E-state index in [9.17, 15) is 19.5 Å². The van der Waals surface area contributed by atoms with Crippen molar-refractivity contribution in [3.63, 3.8) is 0 Å². The Morgan fingerprint density at radius 1 is 1.14 bits per heavy atom. The van der Waals surface area contributed by atoms with Gasteiger partial charge in [-0.25, -0.2) is 0 Å². The molecule has 2 bridgehead atoms. The number of carbonyl (C=O) groups excluding carboxylic acids is 3. The van der Waals surface area contributed by atoms with Crippen LogP contribution in [0.25, 0.3) is 0 Å². The first-order valence-electron chi connectivity index (χ1n) is 13.2. The highest BCUT2D eigenvalue weighted by Crippen LogP contribution is 2.65. The van der Waals surface area contributed by atoms with Crippen LogP contribution in [0.5, 0.6) is 0 Å². The van der Waals surface area contributed by atoms with Crippen molar-refractivity contribution < 1.29 is 24.2 Å². The van der Waals surface area contributed by atoms with Crippen LogP contribution in [0.3, 0.4) is 0 Å². The second-order valence-electron chi connectivity index (χ2n) is 12.0. The monoisotopic (exact) mass is 499 g/mol. The number of aliphatic hydroxyl groups excluding tert-OH is 1. The van der Waals surface area contributed by atoms with E-state index in [1.165, 1.54) is 0 Å². The molecular weight excluding hydrogens is 458 g/mol. The lowest BCUT2D eigenvalue weighted by atomic mass is 9.62. The first kappa shape index (κ1) is 26.6. The molecule has 8 heteroatoms. The molecule has 3 heterocycles. The van der Waals surface area contributed by atoms with Crippen LogP contribution < -0.4 is 10.6 Å². The van der Waals surface area contributed by atoms with Gasteiger partial charge in [0, 0.05) is 25.2 Å². The molecule has 3 N–H and O–H groups in total. The third kappa shape index (κ3) is 4.54. The number of unbranched alkanes of at least 4 members (excludes halogenated alkanes) is 2. The summed E-state index contributed by atoms with van der Waals surface area (Å²) >= 11 is 0. The molecule has 0 saturated carbocycles. The molecule has 3 aliphatic rings. The van der Waals surface area contributed by atoms with Crippen molar-refractivity contribution in [2.45, 2.75) is 89.6 Å². The number of ether oxygens (including phenoxy) is 1. The number of nitrogens with one attached hydrogen (secondary N) is 2. The van der Waals surface area contributed by atoms with Gasteiger partial charge in [-0.15, -0.1) is 0 Å². The van der Waals surface area contributed by atoms with Gasteiger partial charge < -0.3 is 25.4 Å². The Kier molecular flexibility index (Phi) is 7.23. The van der Waals surface area contributed by atoms with Gasteiger partial charge in [0.15, 0.2) is 0 Å². The zero-order valence-corrected chi connectivity index (χ0v) is 22.2. The van der Waals surface area contributed by atoms with E-state index in [1.807, 2.05) is 58.0 Å². The molecule has 6 atom stereocenters. The first-order chi connectivity index (χ1) is 16.9. The van der Waals surface area contributed by atoms with Gasteiger partial charge in [0.1, 0.15) is 11.6 Å². The number of nitrogens with zero attached hydrogens (tertiary/aromatic N) is 1. The standard InChI is InChI=1S/C28H41N3O5/c1-18-16-28-21(20(27(18,5)36-28)23(33)29-17-19-12-8-6-9-13-19)25(35)31(14-10-7-11-15-32)22(28)24(34)30-26(2,3)4/h6,8-9,12-13,18,20-22,32H,7,10-11,14-17H2,1-5H3,(H,29,33)(H,30,34)/t18?,20-,21+,22?,27+,28?/m1/s1. The summed E-state index contributed by atoms with van der Waals surface area (Å²) in [6, 6.07) is 8.88. The Balaban J connectivity index is 1.66. The van der Waals surface area contributed by atoms with Crippen LogP contribution >= 0.6 is 0 Å². The molecule has 3 amide bonds. The van der Waals surface area contributed by atoms with Crippen LogP contribution in [0.2, 0.25) is 0 Å². The predicted molar refractivity (Wildman–Crippen MR) is 136 cm³/mol. The van der Waals surface area contributed by atoms with Gasteiger partial charge in [-0.05, 0) is 64.9 Å². The minimum Gasteiger partial charge on any atom is -0.396 e. The molecule has 1 aromatic carbocycles. The summed E-state index contributed by atoms with van der Waals surface area (Å²) in [4.78, 5) is 43.0. The minimum atomic E-state index is -1.04. The summed E-state index contributed by atoms with van der Waals surface area (Å²) in [5.74, 6) is -1.99. The zero-order valence-electron chi connectivity index (χ0n) is 22.2. The highest BCUT2D eigenvalue weighted by molar-refractivity contribution is 5.99. The minimum absolute atomic E-state index is 0.00769. The van der Waals surface area contributed by atoms with Crippen LogP contribution in [-0.2, 0) is 25.7 Å². The SMILES string of the molecule is CC1CC23O[C@]1(C)[C@@H](C(=O)NCc1ccccc1)[C@H]2C(=O)N(CCCCCO)C3C(=O)NC(C)(C)C. The summed E-state index contributed by atoms with van der Waals surface area (Å²) in [7, 11) is 0. The predicted octanol–water partition coefficient (Wildman–Crippen LogP) is 2.39. The number of hydrogen-bond acceptors (Lipinski definition) is 5. The van der Waals surface area contributed by atoms with E-state index < -0.39 is 34.6 Å². The molecule has 0 radical (unpaired) electrons. The molecule has 0 aromatic heterocycles. The molecule has 3 fully saturated rings. The molecule has 36 heavy (non-hydrogen) atoms. The van der Waals surface area contributed by atoms with E-state index in [1.54, 1.807) is 4.90 Å². The second-order valence-corrected chi connectivity index (χ2v) is 12.0. The van der Waals surface area contributed by atoms with Gasteiger partial charge in [-0.3, -0.25) is 14.4 Å². The van der Waals surface area contributed by atoms with Gasteiger partial charge >= 0.3 is 0 Å². The van der Waals surface area contributed by atoms with Crippen LogP contribution in [0.1, 0.15) is 65.9 Å². The van der Waals surface area contributed by atoms with E-state index in [-0.39, 0.29) is 30.2 Å². The lowest BCUT2D eigenvalue weighted by Gasteiger charge is -2.37. The van der Waals surface area contributed by atoms with E-state index in [0.29, 0.717) is 32.4 Å². The lowest BCUT2D eigenvalue weighted by molar-refractivity contribution is -0.148. The molecule has 3 aliphatic heterocycles. The number of likely N-dealkylation sites (tertiary alicyclic amines) is 1. The highest BCUT2D eigenvalue weighted by Gasteiger charge is 2.79. The van der Waals surface area contributed by atoms with Gasteiger partial charge in [-0.2, -0.15) is 0 Å². The fraction of sp³-hybridized carbons (Fsp3) is 0.679. The lowest BCUT2D eigenvalue weighted by Crippen LogP contribution is -2.58. The summed E-state index contributed by atoms with van der Waals surface area (Å²) in [5, 5.41) is 15.3. The molecule has 1 aromatic rings. The topological polar surface area (TPSA) is 108 Å². The number of amides is 3. The maximum Gasteiger partial charge on any atom is 0.246 e. The van der Waals surface area contributed by atoms with E-state index >= 15 is 0 Å². The highest BCUT2D eigenvalue weighted by atomic mass is 16.5. The molecule has 1 spiro atoms. The third-order valence-corrected chi connectivity index (χ3v) is 8.21. The fourth-order valence-electron chi connectivity index (χ4n) is 6.58. The maximum atomic E-state index is 14.0. The van der Waals surface area contributed by atoms with Crippen molar-refractivity contribution in [3.05, 3.63) is 35.9 Å². The number of rotatable bonds is 9. The van der Waals surface area contributed by atoms with Crippen LogP contribution in [0.15, 0.2) is 30.3 Å². The molecule has 3 unspecified atom stereocenters. The Morgan fingerprint density at radius 2 is 1.83 bits per heavy atom. The summed E-state index contributed by atoms with van der Waals surface area (Å²) < 4.78 is 6.72. The van der Waals surface area contributed by atoms with Gasteiger partial charge in [0.05, 0.1) is 17.4 Å². The largest absolute Gasteiger partial charge is 0.396 e. The normalized spacial score (nSPS) is 33.1. The molecular formula is C28H41N3O5. The fourth-order valence-corrected chi connectivity index (χ4v) is 6.58. The maximum absolute atomic E-state index is 14.0. The van der Waals surface area contributed by atoms with Gasteiger partial charge in [0.25, 0.3) is 0 Å². The van der Waals surface area contributed by atoms with Crippen LogP contribution in [0, 0.1) is 17.8 Å². The number of fused-ring (bicyclic) bond motifs is 1. The summed E-state index contributed by atoms with van der Waals surface area (Å²) in [6.45, 7) is 10.6. The number of aliphatic hydroxyl groups is 1. The molecule has 3 saturated heterocycles. The third-order valence-electron chi connectivity index (χ3n) is 8.21. The Morgan fingerprint density at radius 3 is 2.47 bits per heavy atom. The summed E-state index contributed by atoms with van der Waals surface area (Å²) in [5.41, 5.74) is -1.36. The van der Waals surface area contributed by atoms with E-state index in [4.69, 9.17) is 4.74 Å². The average Bonchev–Trinajstić information content (AvgIpc) is 3.31. The molecule has 0 aliphatic carbocycles. The molecule has 8 nitrogen and oxygen atoms in total. The Hall–Kier alpha value is -2.45. The summed E-state index contributed by atoms with van der Waals surface area (Å²) in [6.07, 6.45) is 2.62. The smallest absolute Gasteiger partial charge is 0.246 e. The quantitative estimate of drug-likeness (QED) is 0.452. The molecule has 4 rings (SSSR count). The van der Waals surface area contributed by atoms with Crippen LogP contribution in [-0.4, -0.2) is 63.7 Å². The average molecular weight is 500 g/mol. The van der Waals surface area contributed by atoms with Crippen LogP contribution in [0.4, 0.5) is 0 Å². The molecule has 198 valence electrons. The van der Waals surface area contributed by atoms with E-state index in [2.05, 4.69) is 17.6 Å². The van der Waals surface area contributed by atoms with Gasteiger partial charge in [-0.1, -0.05) is 37.3 Å².